The first-order chi connectivity index (χ1) is 7.68. The van der Waals surface area contributed by atoms with E-state index in [4.69, 9.17) is 16.7 Å². The van der Waals surface area contributed by atoms with Crippen molar-refractivity contribution < 1.29 is 9.90 Å². The van der Waals surface area contributed by atoms with E-state index in [1.54, 1.807) is 18.2 Å². The molecule has 2 rings (SSSR count). The Kier molecular flexibility index (Phi) is 3.34. The minimum atomic E-state index is -0.985. The molecule has 16 heavy (non-hydrogen) atoms. The van der Waals surface area contributed by atoms with Crippen molar-refractivity contribution >= 4 is 23.3 Å². The molecule has 1 aliphatic carbocycles. The Morgan fingerprint density at radius 2 is 2.25 bits per heavy atom. The number of carboxylic acid groups (broad SMARTS) is 1. The predicted octanol–water partition coefficient (Wildman–Crippen LogP) is 3.25. The average molecular weight is 240 g/mol. The highest BCUT2D eigenvalue weighted by Gasteiger charge is 2.19. The molecule has 0 bridgehead atoms. The van der Waals surface area contributed by atoms with Crippen LogP contribution in [-0.4, -0.2) is 17.6 Å². The van der Waals surface area contributed by atoms with Crippen molar-refractivity contribution in [2.75, 3.05) is 11.9 Å². The second-order valence-electron chi connectivity index (χ2n) is 4.15. The van der Waals surface area contributed by atoms with E-state index in [-0.39, 0.29) is 10.6 Å². The van der Waals surface area contributed by atoms with Crippen LogP contribution in [0.25, 0.3) is 0 Å². The number of nitrogens with one attached hydrogen (secondary N) is 1. The third-order valence-corrected chi connectivity index (χ3v) is 3.35. The van der Waals surface area contributed by atoms with Gasteiger partial charge in [0.15, 0.2) is 0 Å². The molecule has 0 aliphatic heterocycles. The number of aromatic carboxylic acids is 1. The molecule has 0 saturated heterocycles. The third kappa shape index (κ3) is 2.30. The van der Waals surface area contributed by atoms with E-state index in [0.29, 0.717) is 11.6 Å². The third-order valence-electron chi connectivity index (χ3n) is 3.03. The highest BCUT2D eigenvalue weighted by Crippen LogP contribution is 2.28. The van der Waals surface area contributed by atoms with Gasteiger partial charge in [-0.25, -0.2) is 4.79 Å². The van der Waals surface area contributed by atoms with Crippen molar-refractivity contribution in [3.63, 3.8) is 0 Å². The first kappa shape index (κ1) is 11.3. The summed E-state index contributed by atoms with van der Waals surface area (Å²) in [6.07, 6.45) is 3.75. The van der Waals surface area contributed by atoms with Gasteiger partial charge in [0.2, 0.25) is 0 Å². The molecule has 1 aliphatic rings. The highest BCUT2D eigenvalue weighted by molar-refractivity contribution is 6.34. The van der Waals surface area contributed by atoms with Crippen molar-refractivity contribution in [3.8, 4) is 0 Å². The van der Waals surface area contributed by atoms with Gasteiger partial charge in [0, 0.05) is 6.54 Å². The lowest BCUT2D eigenvalue weighted by molar-refractivity contribution is 0.0698. The van der Waals surface area contributed by atoms with Gasteiger partial charge in [0.1, 0.15) is 5.56 Å². The van der Waals surface area contributed by atoms with Crippen LogP contribution in [0.1, 0.15) is 29.6 Å². The summed E-state index contributed by atoms with van der Waals surface area (Å²) in [4.78, 5) is 11.0. The molecule has 1 fully saturated rings. The van der Waals surface area contributed by atoms with Crippen LogP contribution in [0, 0.1) is 5.92 Å². The normalized spacial score (nSPS) is 15.6. The van der Waals surface area contributed by atoms with Gasteiger partial charge < -0.3 is 10.4 Å². The van der Waals surface area contributed by atoms with Gasteiger partial charge in [0.05, 0.1) is 10.7 Å². The molecule has 0 heterocycles. The molecule has 86 valence electrons. The zero-order chi connectivity index (χ0) is 11.5. The molecular weight excluding hydrogens is 226 g/mol. The molecule has 0 radical (unpaired) electrons. The molecule has 0 unspecified atom stereocenters. The number of hydrogen-bond acceptors (Lipinski definition) is 2. The Hall–Kier alpha value is -1.22. The maximum atomic E-state index is 11.0. The molecular formula is C12H14ClNO2. The molecule has 0 amide bonds. The summed E-state index contributed by atoms with van der Waals surface area (Å²) in [6, 6.07) is 5.12. The minimum absolute atomic E-state index is 0.170. The maximum absolute atomic E-state index is 11.0. The number of rotatable bonds is 4. The average Bonchev–Trinajstić information content (AvgIpc) is 2.14. The lowest BCUT2D eigenvalue weighted by atomic mass is 9.85. The largest absolute Gasteiger partial charge is 0.478 e. The summed E-state index contributed by atoms with van der Waals surface area (Å²) < 4.78 is 0. The Morgan fingerprint density at radius 1 is 1.50 bits per heavy atom. The molecule has 0 spiro atoms. The Labute approximate surface area is 99.4 Å². The van der Waals surface area contributed by atoms with Crippen molar-refractivity contribution in [1.82, 2.24) is 0 Å². The van der Waals surface area contributed by atoms with Crippen LogP contribution in [0.2, 0.25) is 5.02 Å². The van der Waals surface area contributed by atoms with Gasteiger partial charge in [0.25, 0.3) is 0 Å². The van der Waals surface area contributed by atoms with Crippen LogP contribution in [-0.2, 0) is 0 Å². The standard InChI is InChI=1S/C12H14ClNO2/c13-9-5-2-6-10(11(9)12(15)16)14-7-8-3-1-4-8/h2,5-6,8,14H,1,3-4,7H2,(H,15,16). The molecule has 1 aromatic rings. The first-order valence-corrected chi connectivity index (χ1v) is 5.82. The Morgan fingerprint density at radius 3 is 2.81 bits per heavy atom. The van der Waals surface area contributed by atoms with E-state index in [1.807, 2.05) is 0 Å². The first-order valence-electron chi connectivity index (χ1n) is 5.44. The molecule has 1 aromatic carbocycles. The number of carbonyl (C=O) groups is 1. The van der Waals surface area contributed by atoms with Gasteiger partial charge in [-0.3, -0.25) is 0 Å². The number of benzene rings is 1. The highest BCUT2D eigenvalue weighted by atomic mass is 35.5. The lowest BCUT2D eigenvalue weighted by Crippen LogP contribution is -2.21. The predicted molar refractivity (Wildman–Crippen MR) is 64.2 cm³/mol. The summed E-state index contributed by atoms with van der Waals surface area (Å²) in [5, 5.41) is 12.5. The van der Waals surface area contributed by atoms with Crippen LogP contribution >= 0.6 is 11.6 Å². The lowest BCUT2D eigenvalue weighted by Gasteiger charge is -2.26. The van der Waals surface area contributed by atoms with Crippen LogP contribution in [0.4, 0.5) is 5.69 Å². The second-order valence-corrected chi connectivity index (χ2v) is 4.55. The van der Waals surface area contributed by atoms with E-state index < -0.39 is 5.97 Å². The zero-order valence-electron chi connectivity index (χ0n) is 8.87. The fraction of sp³-hybridized carbons (Fsp3) is 0.417. The van der Waals surface area contributed by atoms with Crippen molar-refractivity contribution in [2.45, 2.75) is 19.3 Å². The monoisotopic (exact) mass is 239 g/mol. The molecule has 0 aromatic heterocycles. The summed E-state index contributed by atoms with van der Waals surface area (Å²) in [6.45, 7) is 0.834. The quantitative estimate of drug-likeness (QED) is 0.848. The van der Waals surface area contributed by atoms with E-state index in [1.165, 1.54) is 19.3 Å². The van der Waals surface area contributed by atoms with Crippen LogP contribution in [0.5, 0.6) is 0 Å². The van der Waals surface area contributed by atoms with Crippen LogP contribution < -0.4 is 5.32 Å². The zero-order valence-corrected chi connectivity index (χ0v) is 9.63. The topological polar surface area (TPSA) is 49.3 Å². The van der Waals surface area contributed by atoms with E-state index >= 15 is 0 Å². The maximum Gasteiger partial charge on any atom is 0.339 e. The van der Waals surface area contributed by atoms with Crippen LogP contribution in [0.3, 0.4) is 0 Å². The van der Waals surface area contributed by atoms with E-state index in [2.05, 4.69) is 5.32 Å². The fourth-order valence-corrected chi connectivity index (χ4v) is 2.10. The number of anilines is 1. The van der Waals surface area contributed by atoms with Gasteiger partial charge in [-0.2, -0.15) is 0 Å². The molecule has 1 saturated carbocycles. The summed E-state index contributed by atoms with van der Waals surface area (Å²) in [5.41, 5.74) is 0.787. The van der Waals surface area contributed by atoms with E-state index in [9.17, 15) is 4.79 Å². The summed E-state index contributed by atoms with van der Waals surface area (Å²) >= 11 is 5.87. The summed E-state index contributed by atoms with van der Waals surface area (Å²) in [5.74, 6) is -0.303. The molecule has 2 N–H and O–H groups in total. The number of carboxylic acids is 1. The van der Waals surface area contributed by atoms with Crippen molar-refractivity contribution in [2.24, 2.45) is 5.92 Å². The Bertz CT molecular complexity index is 402. The second kappa shape index (κ2) is 4.74. The van der Waals surface area contributed by atoms with Crippen molar-refractivity contribution in [3.05, 3.63) is 28.8 Å². The van der Waals surface area contributed by atoms with Gasteiger partial charge in [-0.1, -0.05) is 24.1 Å². The SMILES string of the molecule is O=C(O)c1c(Cl)cccc1NCC1CCC1. The Balaban J connectivity index is 2.12. The van der Waals surface area contributed by atoms with Crippen LogP contribution in [0.15, 0.2) is 18.2 Å². The van der Waals surface area contributed by atoms with Gasteiger partial charge in [-0.15, -0.1) is 0 Å². The fourth-order valence-electron chi connectivity index (χ4n) is 1.84. The smallest absolute Gasteiger partial charge is 0.339 e. The number of halogens is 1. The molecule has 0 atom stereocenters. The van der Waals surface area contributed by atoms with Gasteiger partial charge in [-0.05, 0) is 30.9 Å². The molecule has 4 heteroatoms. The number of hydrogen-bond donors (Lipinski definition) is 2. The van der Waals surface area contributed by atoms with Crippen molar-refractivity contribution in [1.29, 1.82) is 0 Å². The molecule has 3 nitrogen and oxygen atoms in total. The van der Waals surface area contributed by atoms with E-state index in [0.717, 1.165) is 6.54 Å². The van der Waals surface area contributed by atoms with Gasteiger partial charge >= 0.3 is 5.97 Å². The minimum Gasteiger partial charge on any atom is -0.478 e. The summed E-state index contributed by atoms with van der Waals surface area (Å²) in [7, 11) is 0.